The van der Waals surface area contributed by atoms with Crippen molar-refractivity contribution in [3.05, 3.63) is 0 Å². The molecule has 0 aliphatic carbocycles. The topological polar surface area (TPSA) is 80.0 Å². The van der Waals surface area contributed by atoms with Crippen molar-refractivity contribution in [1.82, 2.24) is 0 Å². The highest BCUT2D eigenvalue weighted by atomic mass is 28.2. The molecule has 0 spiro atoms. The van der Waals surface area contributed by atoms with Crippen molar-refractivity contribution in [2.75, 3.05) is 19.8 Å². The van der Waals surface area contributed by atoms with Gasteiger partial charge in [0.25, 0.3) is 6.48 Å². The summed E-state index contributed by atoms with van der Waals surface area (Å²) in [6.45, 7) is 4.82. The van der Waals surface area contributed by atoms with Crippen molar-refractivity contribution < 1.29 is 23.4 Å². The van der Waals surface area contributed by atoms with Crippen LogP contribution in [-0.2, 0) is 18.6 Å². The fourth-order valence-corrected chi connectivity index (χ4v) is 2.26. The molecule has 0 heterocycles. The quantitative estimate of drug-likeness (QED) is 0.338. The normalized spacial score (nSPS) is 11.5. The Hall–Kier alpha value is -0.633. The molecule has 1 amide bonds. The molecule has 0 saturated carbocycles. The van der Waals surface area contributed by atoms with Crippen LogP contribution in [0, 0.1) is 0 Å². The molecular weight excluding hydrogens is 242 g/mol. The van der Waals surface area contributed by atoms with Crippen molar-refractivity contribution in [2.24, 2.45) is 5.73 Å². The van der Waals surface area contributed by atoms with Crippen LogP contribution < -0.4 is 5.73 Å². The van der Waals surface area contributed by atoms with Crippen LogP contribution in [0.5, 0.6) is 0 Å². The molecule has 0 aliphatic rings. The molecule has 0 bridgehead atoms. The first kappa shape index (κ1) is 16.4. The molecule has 17 heavy (non-hydrogen) atoms. The zero-order chi connectivity index (χ0) is 12.9. The van der Waals surface area contributed by atoms with Gasteiger partial charge in [-0.1, -0.05) is 6.42 Å². The zero-order valence-corrected chi connectivity index (χ0v) is 12.1. The predicted molar refractivity (Wildman–Crippen MR) is 66.2 cm³/mol. The van der Waals surface area contributed by atoms with E-state index in [2.05, 4.69) is 4.74 Å². The average molecular weight is 265 g/mol. The van der Waals surface area contributed by atoms with Crippen molar-refractivity contribution in [2.45, 2.75) is 39.2 Å². The molecular formula is C10H23NO5Si. The van der Waals surface area contributed by atoms with E-state index in [9.17, 15) is 4.79 Å². The Morgan fingerprint density at radius 3 is 2.41 bits per heavy atom. The Bertz CT molecular complexity index is 188. The average Bonchev–Trinajstić information content (AvgIpc) is 2.28. The third-order valence-electron chi connectivity index (χ3n) is 1.89. The summed E-state index contributed by atoms with van der Waals surface area (Å²) in [6, 6.07) is 0.999. The Balaban J connectivity index is 3.32. The van der Waals surface area contributed by atoms with Gasteiger partial charge in [0.15, 0.2) is 9.76 Å². The standard InChI is InChI=1S/C10H23NO5Si/c1-3-13-10(14-4-2)16-17-8-6-5-7-15-9(11)12/h10H,3-8,17H2,1-2H3,(H2,11,12). The van der Waals surface area contributed by atoms with Crippen LogP contribution >= 0.6 is 0 Å². The Kier molecular flexibility index (Phi) is 11.4. The minimum Gasteiger partial charge on any atom is -0.450 e. The molecule has 0 atom stereocenters. The minimum atomic E-state index is -0.716. The lowest BCUT2D eigenvalue weighted by Crippen LogP contribution is -2.23. The molecule has 0 fully saturated rings. The van der Waals surface area contributed by atoms with Gasteiger partial charge in [0.1, 0.15) is 0 Å². The lowest BCUT2D eigenvalue weighted by molar-refractivity contribution is -0.243. The molecule has 0 radical (unpaired) electrons. The maximum absolute atomic E-state index is 10.3. The summed E-state index contributed by atoms with van der Waals surface area (Å²) < 4.78 is 20.6. The van der Waals surface area contributed by atoms with E-state index in [-0.39, 0.29) is 0 Å². The predicted octanol–water partition coefficient (Wildman–Crippen LogP) is 0.737. The number of rotatable bonds is 11. The summed E-state index contributed by atoms with van der Waals surface area (Å²) in [7, 11) is -0.646. The summed E-state index contributed by atoms with van der Waals surface area (Å²) in [5.74, 6) is 0. The smallest absolute Gasteiger partial charge is 0.404 e. The van der Waals surface area contributed by atoms with Gasteiger partial charge in [-0.2, -0.15) is 0 Å². The zero-order valence-electron chi connectivity index (χ0n) is 10.6. The van der Waals surface area contributed by atoms with Gasteiger partial charge in [-0.15, -0.1) is 0 Å². The molecule has 0 saturated heterocycles. The van der Waals surface area contributed by atoms with E-state index in [1.54, 1.807) is 0 Å². The number of hydrogen-bond acceptors (Lipinski definition) is 5. The van der Waals surface area contributed by atoms with E-state index in [1.807, 2.05) is 13.8 Å². The molecule has 0 aromatic rings. The van der Waals surface area contributed by atoms with Gasteiger partial charge in [-0.05, 0) is 26.3 Å². The molecule has 0 aromatic heterocycles. The number of primary amides is 1. The Labute approximate surface area is 105 Å². The molecule has 0 unspecified atom stereocenters. The summed E-state index contributed by atoms with van der Waals surface area (Å²) in [5, 5.41) is 0. The van der Waals surface area contributed by atoms with E-state index in [0.717, 1.165) is 18.9 Å². The first-order chi connectivity index (χ1) is 8.20. The SMILES string of the molecule is CCOC(OCC)O[SiH2]CCCCOC(N)=O. The van der Waals surface area contributed by atoms with Crippen molar-refractivity contribution in [3.63, 3.8) is 0 Å². The summed E-state index contributed by atoms with van der Waals surface area (Å²) in [6.07, 6.45) is 1.06. The second-order valence-electron chi connectivity index (χ2n) is 3.30. The first-order valence-electron chi connectivity index (χ1n) is 5.97. The number of nitrogens with two attached hydrogens (primary N) is 1. The fourth-order valence-electron chi connectivity index (χ4n) is 1.15. The number of unbranched alkanes of at least 4 members (excludes halogenated alkanes) is 1. The van der Waals surface area contributed by atoms with Crippen LogP contribution in [0.3, 0.4) is 0 Å². The summed E-state index contributed by atoms with van der Waals surface area (Å²) in [4.78, 5) is 10.3. The number of carbonyl (C=O) groups excluding carboxylic acids is 1. The second kappa shape index (κ2) is 11.8. The van der Waals surface area contributed by atoms with E-state index >= 15 is 0 Å². The third-order valence-corrected chi connectivity index (χ3v) is 3.19. The van der Waals surface area contributed by atoms with Crippen LogP contribution in [0.1, 0.15) is 26.7 Å². The van der Waals surface area contributed by atoms with Crippen LogP contribution in [0.4, 0.5) is 4.79 Å². The van der Waals surface area contributed by atoms with Gasteiger partial charge >= 0.3 is 6.09 Å². The van der Waals surface area contributed by atoms with Gasteiger partial charge in [-0.3, -0.25) is 0 Å². The number of carbonyl (C=O) groups is 1. The van der Waals surface area contributed by atoms with E-state index < -0.39 is 22.3 Å². The van der Waals surface area contributed by atoms with E-state index in [0.29, 0.717) is 19.8 Å². The molecule has 0 aromatic carbocycles. The van der Waals surface area contributed by atoms with Gasteiger partial charge in [0.2, 0.25) is 0 Å². The van der Waals surface area contributed by atoms with Crippen LogP contribution in [-0.4, -0.2) is 42.2 Å². The maximum atomic E-state index is 10.3. The highest BCUT2D eigenvalue weighted by Gasteiger charge is 2.06. The number of amides is 1. The highest BCUT2D eigenvalue weighted by molar-refractivity contribution is 6.27. The Morgan fingerprint density at radius 1 is 1.24 bits per heavy atom. The van der Waals surface area contributed by atoms with Gasteiger partial charge in [0.05, 0.1) is 6.61 Å². The van der Waals surface area contributed by atoms with Gasteiger partial charge in [0, 0.05) is 13.2 Å². The number of hydrogen-bond donors (Lipinski definition) is 1. The lowest BCUT2D eigenvalue weighted by Gasteiger charge is -2.17. The second-order valence-corrected chi connectivity index (χ2v) is 4.75. The third kappa shape index (κ3) is 11.6. The van der Waals surface area contributed by atoms with Gasteiger partial charge in [-0.25, -0.2) is 4.79 Å². The molecule has 0 rings (SSSR count). The lowest BCUT2D eigenvalue weighted by atomic mass is 10.4. The van der Waals surface area contributed by atoms with Crippen molar-refractivity contribution >= 4 is 15.9 Å². The van der Waals surface area contributed by atoms with E-state index in [1.165, 1.54) is 0 Å². The van der Waals surface area contributed by atoms with Crippen molar-refractivity contribution in [1.29, 1.82) is 0 Å². The molecule has 7 heteroatoms. The van der Waals surface area contributed by atoms with E-state index in [4.69, 9.17) is 19.6 Å². The molecule has 6 nitrogen and oxygen atoms in total. The highest BCUT2D eigenvalue weighted by Crippen LogP contribution is 2.01. The van der Waals surface area contributed by atoms with Crippen LogP contribution in [0.25, 0.3) is 0 Å². The fraction of sp³-hybridized carbons (Fsp3) is 0.900. The van der Waals surface area contributed by atoms with Crippen molar-refractivity contribution in [3.8, 4) is 0 Å². The summed E-state index contributed by atoms with van der Waals surface area (Å²) >= 11 is 0. The van der Waals surface area contributed by atoms with Crippen LogP contribution in [0.15, 0.2) is 0 Å². The van der Waals surface area contributed by atoms with Crippen LogP contribution in [0.2, 0.25) is 6.04 Å². The number of ether oxygens (including phenoxy) is 3. The minimum absolute atomic E-state index is 0.379. The molecule has 0 aliphatic heterocycles. The summed E-state index contributed by atoms with van der Waals surface area (Å²) in [5.41, 5.74) is 4.83. The largest absolute Gasteiger partial charge is 0.450 e. The first-order valence-corrected chi connectivity index (χ1v) is 7.55. The Morgan fingerprint density at radius 2 is 1.88 bits per heavy atom. The monoisotopic (exact) mass is 265 g/mol. The maximum Gasteiger partial charge on any atom is 0.404 e. The molecule has 2 N–H and O–H groups in total. The van der Waals surface area contributed by atoms with Gasteiger partial charge < -0.3 is 24.4 Å². The molecule has 102 valence electrons.